The van der Waals surface area contributed by atoms with Crippen LogP contribution in [0.5, 0.6) is 23.0 Å². The number of carbonyl (C=O) groups is 1. The topological polar surface area (TPSA) is 77.4 Å². The first-order chi connectivity index (χ1) is 18.5. The van der Waals surface area contributed by atoms with Crippen LogP contribution in [0.2, 0.25) is 0 Å². The minimum Gasteiger partial charge on any atom is -0.507 e. The van der Waals surface area contributed by atoms with Crippen molar-refractivity contribution in [2.24, 2.45) is 4.99 Å². The molecule has 0 amide bonds. The first kappa shape index (κ1) is 28.8. The Hall–Kier alpha value is -3.80. The second-order valence-electron chi connectivity index (χ2n) is 9.20. The van der Waals surface area contributed by atoms with Crippen molar-refractivity contribution in [2.75, 3.05) is 13.2 Å². The number of hydrogen-bond acceptors (Lipinski definition) is 6. The number of aliphatic imine (C=N–C) groups is 1. The second-order valence-corrected chi connectivity index (χ2v) is 9.20. The van der Waals surface area contributed by atoms with Crippen molar-refractivity contribution in [3.05, 3.63) is 77.4 Å². The van der Waals surface area contributed by atoms with Crippen LogP contribution >= 0.6 is 0 Å². The fourth-order valence-electron chi connectivity index (χ4n) is 3.66. The first-order valence-corrected chi connectivity index (χ1v) is 13.6. The van der Waals surface area contributed by atoms with Gasteiger partial charge in [0.05, 0.1) is 24.5 Å². The van der Waals surface area contributed by atoms with E-state index in [1.54, 1.807) is 36.5 Å². The summed E-state index contributed by atoms with van der Waals surface area (Å²) in [6.07, 6.45) is 8.86. The highest BCUT2D eigenvalue weighted by molar-refractivity contribution is 5.92. The van der Waals surface area contributed by atoms with Crippen LogP contribution in [0.3, 0.4) is 0 Å². The van der Waals surface area contributed by atoms with Crippen LogP contribution in [0.4, 0.5) is 5.69 Å². The molecule has 0 aliphatic carbocycles. The number of phenols is 1. The van der Waals surface area contributed by atoms with Gasteiger partial charge in [0.2, 0.25) is 0 Å². The van der Waals surface area contributed by atoms with Gasteiger partial charge in [0, 0.05) is 17.8 Å². The lowest BCUT2D eigenvalue weighted by Gasteiger charge is -2.14. The highest BCUT2D eigenvalue weighted by atomic mass is 16.5. The molecular formula is C32H39NO5. The van der Waals surface area contributed by atoms with E-state index in [0.717, 1.165) is 37.8 Å². The molecule has 0 saturated heterocycles. The molecule has 0 radical (unpaired) electrons. The van der Waals surface area contributed by atoms with Gasteiger partial charge in [-0.05, 0) is 73.7 Å². The third-order valence-corrected chi connectivity index (χ3v) is 6.01. The monoisotopic (exact) mass is 517 g/mol. The molecule has 1 N–H and O–H groups in total. The minimum atomic E-state index is -0.547. The predicted octanol–water partition coefficient (Wildman–Crippen LogP) is 8.06. The Balaban J connectivity index is 1.66. The van der Waals surface area contributed by atoms with Gasteiger partial charge in [-0.15, -0.1) is 0 Å². The smallest absolute Gasteiger partial charge is 0.343 e. The quantitative estimate of drug-likeness (QED) is 0.0955. The summed E-state index contributed by atoms with van der Waals surface area (Å²) in [5.41, 5.74) is 2.96. The molecular weight excluding hydrogens is 478 g/mol. The maximum atomic E-state index is 12.8. The zero-order valence-electron chi connectivity index (χ0n) is 22.7. The Morgan fingerprint density at radius 3 is 2.16 bits per heavy atom. The normalized spacial score (nSPS) is 11.0. The van der Waals surface area contributed by atoms with Crippen molar-refractivity contribution in [1.29, 1.82) is 0 Å². The van der Waals surface area contributed by atoms with Crippen molar-refractivity contribution in [3.63, 3.8) is 0 Å². The molecule has 0 heterocycles. The minimum absolute atomic E-state index is 0.0260. The van der Waals surface area contributed by atoms with Gasteiger partial charge in [0.15, 0.2) is 11.5 Å². The number of ether oxygens (including phenoxy) is 3. The summed E-state index contributed by atoms with van der Waals surface area (Å²) in [5, 5.41) is 10.5. The average Bonchev–Trinajstić information content (AvgIpc) is 2.93. The molecule has 0 unspecified atom stereocenters. The predicted molar refractivity (Wildman–Crippen MR) is 153 cm³/mol. The van der Waals surface area contributed by atoms with Gasteiger partial charge < -0.3 is 19.3 Å². The molecule has 6 nitrogen and oxygen atoms in total. The molecule has 0 bridgehead atoms. The molecule has 0 spiro atoms. The van der Waals surface area contributed by atoms with E-state index >= 15 is 0 Å². The molecule has 0 atom stereocenters. The van der Waals surface area contributed by atoms with Gasteiger partial charge in [-0.25, -0.2) is 4.79 Å². The number of hydrogen-bond donors (Lipinski definition) is 1. The summed E-state index contributed by atoms with van der Waals surface area (Å²) in [6, 6.07) is 17.8. The standard InChI is InChI=1S/C32H39NO5/c1-4-7-10-24-11-15-27(16-12-24)33-23-26-13-17-28(22-29(26)34)38-32(35)25-14-18-30(36-19-8-5-2)31(21-25)37-20-9-6-3/h11-18,21-23,34H,4-10,19-20H2,1-3H3. The first-order valence-electron chi connectivity index (χ1n) is 13.6. The van der Waals surface area contributed by atoms with Crippen LogP contribution in [0.15, 0.2) is 65.7 Å². The maximum absolute atomic E-state index is 12.8. The van der Waals surface area contributed by atoms with E-state index in [1.807, 2.05) is 12.1 Å². The van der Waals surface area contributed by atoms with E-state index in [1.165, 1.54) is 24.5 Å². The van der Waals surface area contributed by atoms with Crippen molar-refractivity contribution >= 4 is 17.9 Å². The number of nitrogens with zero attached hydrogens (tertiary/aromatic N) is 1. The molecule has 3 aromatic carbocycles. The highest BCUT2D eigenvalue weighted by Gasteiger charge is 2.15. The van der Waals surface area contributed by atoms with Crippen molar-refractivity contribution in [1.82, 2.24) is 0 Å². The van der Waals surface area contributed by atoms with E-state index in [4.69, 9.17) is 14.2 Å². The van der Waals surface area contributed by atoms with E-state index < -0.39 is 5.97 Å². The average molecular weight is 518 g/mol. The summed E-state index contributed by atoms with van der Waals surface area (Å²) >= 11 is 0. The molecule has 6 heteroatoms. The Morgan fingerprint density at radius 1 is 0.816 bits per heavy atom. The fourth-order valence-corrected chi connectivity index (χ4v) is 3.66. The SMILES string of the molecule is CCCCOc1ccc(C(=O)Oc2ccc(C=Nc3ccc(CCCC)cc3)c(O)c2)cc1OCCCC. The molecule has 0 fully saturated rings. The summed E-state index contributed by atoms with van der Waals surface area (Å²) in [6.45, 7) is 7.50. The Morgan fingerprint density at radius 2 is 1.50 bits per heavy atom. The maximum Gasteiger partial charge on any atom is 0.343 e. The van der Waals surface area contributed by atoms with Crippen molar-refractivity contribution < 1.29 is 24.1 Å². The zero-order chi connectivity index (χ0) is 27.2. The summed E-state index contributed by atoms with van der Waals surface area (Å²) in [7, 11) is 0. The molecule has 202 valence electrons. The van der Waals surface area contributed by atoms with Gasteiger partial charge in [0.25, 0.3) is 0 Å². The van der Waals surface area contributed by atoms with Crippen LogP contribution in [0.25, 0.3) is 0 Å². The number of benzene rings is 3. The molecule has 38 heavy (non-hydrogen) atoms. The fraction of sp³-hybridized carbons (Fsp3) is 0.375. The number of phenolic OH excluding ortho intramolecular Hbond substituents is 1. The van der Waals surface area contributed by atoms with Crippen LogP contribution < -0.4 is 14.2 Å². The molecule has 3 rings (SSSR count). The molecule has 0 saturated carbocycles. The Labute approximate surface area is 226 Å². The van der Waals surface area contributed by atoms with Gasteiger partial charge in [-0.3, -0.25) is 4.99 Å². The number of carbonyl (C=O) groups excluding carboxylic acids is 1. The van der Waals surface area contributed by atoms with Crippen LogP contribution in [-0.4, -0.2) is 30.5 Å². The largest absolute Gasteiger partial charge is 0.507 e. The number of aryl methyl sites for hydroxylation is 1. The zero-order valence-corrected chi connectivity index (χ0v) is 22.7. The van der Waals surface area contributed by atoms with Gasteiger partial charge in [-0.2, -0.15) is 0 Å². The van der Waals surface area contributed by atoms with E-state index in [2.05, 4.69) is 37.9 Å². The molecule has 0 aliphatic rings. The number of aromatic hydroxyl groups is 1. The third-order valence-electron chi connectivity index (χ3n) is 6.01. The lowest BCUT2D eigenvalue weighted by Crippen LogP contribution is -2.10. The van der Waals surface area contributed by atoms with Crippen LogP contribution in [-0.2, 0) is 6.42 Å². The highest BCUT2D eigenvalue weighted by Crippen LogP contribution is 2.30. The van der Waals surface area contributed by atoms with Crippen LogP contribution in [0, 0.1) is 0 Å². The van der Waals surface area contributed by atoms with Crippen molar-refractivity contribution in [3.8, 4) is 23.0 Å². The number of esters is 1. The lowest BCUT2D eigenvalue weighted by atomic mass is 10.1. The number of rotatable bonds is 15. The van der Waals surface area contributed by atoms with E-state index in [-0.39, 0.29) is 11.5 Å². The van der Waals surface area contributed by atoms with Crippen molar-refractivity contribution in [2.45, 2.75) is 65.7 Å². The summed E-state index contributed by atoms with van der Waals surface area (Å²) in [4.78, 5) is 17.3. The van der Waals surface area contributed by atoms with Gasteiger partial charge >= 0.3 is 5.97 Å². The number of unbranched alkanes of at least 4 members (excludes halogenated alkanes) is 3. The Kier molecular flexibility index (Phi) is 11.7. The summed E-state index contributed by atoms with van der Waals surface area (Å²) < 4.78 is 17.3. The molecule has 0 aromatic heterocycles. The Bertz CT molecular complexity index is 1190. The van der Waals surface area contributed by atoms with Gasteiger partial charge in [0.1, 0.15) is 11.5 Å². The van der Waals surface area contributed by atoms with Crippen LogP contribution in [0.1, 0.15) is 80.8 Å². The second kappa shape index (κ2) is 15.5. The van der Waals surface area contributed by atoms with E-state index in [9.17, 15) is 9.90 Å². The third kappa shape index (κ3) is 8.94. The molecule has 3 aromatic rings. The molecule has 0 aliphatic heterocycles. The lowest BCUT2D eigenvalue weighted by molar-refractivity contribution is 0.0734. The van der Waals surface area contributed by atoms with Gasteiger partial charge in [-0.1, -0.05) is 52.2 Å². The summed E-state index contributed by atoms with van der Waals surface area (Å²) in [5.74, 6) is 0.803. The van der Waals surface area contributed by atoms with E-state index in [0.29, 0.717) is 35.8 Å².